The topological polar surface area (TPSA) is 104 Å². The quantitative estimate of drug-likeness (QED) is 0.183. The Kier molecular flexibility index (Phi) is 5.85. The number of ketones is 1. The van der Waals surface area contributed by atoms with Crippen molar-refractivity contribution in [3.63, 3.8) is 0 Å². The van der Waals surface area contributed by atoms with Gasteiger partial charge in [-0.15, -0.1) is 10.2 Å². The third kappa shape index (κ3) is 4.51. The summed E-state index contributed by atoms with van der Waals surface area (Å²) in [7, 11) is 0. The van der Waals surface area contributed by atoms with Crippen molar-refractivity contribution in [3.05, 3.63) is 94.2 Å². The first-order chi connectivity index (χ1) is 15.0. The Balaban J connectivity index is 1.65. The Morgan fingerprint density at radius 2 is 1.87 bits per heavy atom. The van der Waals surface area contributed by atoms with Crippen LogP contribution in [0.15, 0.2) is 78.1 Å². The van der Waals surface area contributed by atoms with Gasteiger partial charge in [-0.25, -0.2) is 0 Å². The van der Waals surface area contributed by atoms with Crippen molar-refractivity contribution in [2.45, 2.75) is 12.1 Å². The van der Waals surface area contributed by atoms with Gasteiger partial charge in [-0.2, -0.15) is 0 Å². The van der Waals surface area contributed by atoms with Crippen molar-refractivity contribution in [1.29, 1.82) is 0 Å². The van der Waals surface area contributed by atoms with Gasteiger partial charge in [-0.3, -0.25) is 24.5 Å². The summed E-state index contributed by atoms with van der Waals surface area (Å²) in [5, 5.41) is 20.1. The number of benzene rings is 2. The number of rotatable bonds is 7. The van der Waals surface area contributed by atoms with E-state index in [9.17, 15) is 14.9 Å². The number of aromatic nitrogens is 4. The fraction of sp³-hybridized carbons (Fsp3) is 0.0909. The number of non-ortho nitro benzene ring substituents is 1. The minimum Gasteiger partial charge on any atom is -0.293 e. The van der Waals surface area contributed by atoms with Crippen LogP contribution >= 0.6 is 11.8 Å². The molecule has 2 aromatic carbocycles. The van der Waals surface area contributed by atoms with Crippen LogP contribution in [0.2, 0.25) is 0 Å². The Hall–Kier alpha value is -3.85. The highest BCUT2D eigenvalue weighted by Gasteiger charge is 2.19. The van der Waals surface area contributed by atoms with Gasteiger partial charge in [0.1, 0.15) is 5.69 Å². The van der Waals surface area contributed by atoms with E-state index in [0.717, 1.165) is 11.3 Å². The number of carbonyl (C=O) groups is 1. The molecule has 2 heterocycles. The van der Waals surface area contributed by atoms with Crippen molar-refractivity contribution in [1.82, 2.24) is 19.7 Å². The first-order valence-corrected chi connectivity index (χ1v) is 10.4. The molecule has 154 valence electrons. The molecule has 31 heavy (non-hydrogen) atoms. The molecule has 0 fully saturated rings. The highest BCUT2D eigenvalue weighted by Crippen LogP contribution is 2.28. The van der Waals surface area contributed by atoms with E-state index in [-0.39, 0.29) is 22.8 Å². The van der Waals surface area contributed by atoms with E-state index in [1.54, 1.807) is 12.3 Å². The van der Waals surface area contributed by atoms with Crippen LogP contribution in [0.25, 0.3) is 17.2 Å². The molecular weight excluding hydrogens is 414 g/mol. The van der Waals surface area contributed by atoms with Gasteiger partial charge in [0.15, 0.2) is 16.8 Å². The van der Waals surface area contributed by atoms with Crippen LogP contribution in [0.3, 0.4) is 0 Å². The molecule has 0 saturated heterocycles. The van der Waals surface area contributed by atoms with E-state index >= 15 is 0 Å². The van der Waals surface area contributed by atoms with Crippen LogP contribution in [-0.4, -0.2) is 36.2 Å². The zero-order valence-electron chi connectivity index (χ0n) is 16.5. The first kappa shape index (κ1) is 20.4. The fourth-order valence-electron chi connectivity index (χ4n) is 2.96. The number of nitro groups is 1. The van der Waals surface area contributed by atoms with Crippen LogP contribution in [0, 0.1) is 17.0 Å². The lowest BCUT2D eigenvalue weighted by molar-refractivity contribution is -0.384. The molecule has 0 radical (unpaired) electrons. The summed E-state index contributed by atoms with van der Waals surface area (Å²) in [6.07, 6.45) is 1.68. The third-order valence-corrected chi connectivity index (χ3v) is 5.46. The van der Waals surface area contributed by atoms with Gasteiger partial charge in [0, 0.05) is 29.6 Å². The molecule has 0 spiro atoms. The number of hydrogen-bond acceptors (Lipinski definition) is 7. The largest absolute Gasteiger partial charge is 0.293 e. The van der Waals surface area contributed by atoms with Crippen molar-refractivity contribution in [2.24, 2.45) is 0 Å². The Morgan fingerprint density at radius 3 is 2.58 bits per heavy atom. The number of carbonyl (C=O) groups excluding carboxylic acids is 1. The number of Topliss-reactive ketones (excluding diaryl/α,β-unsaturated/α-hetero) is 1. The van der Waals surface area contributed by atoms with E-state index in [4.69, 9.17) is 0 Å². The lowest BCUT2D eigenvalue weighted by atomic mass is 10.1. The van der Waals surface area contributed by atoms with Crippen molar-refractivity contribution in [3.8, 4) is 17.2 Å². The zero-order valence-corrected chi connectivity index (χ0v) is 17.3. The predicted molar refractivity (Wildman–Crippen MR) is 117 cm³/mol. The molecular formula is C22H17N5O3S. The lowest BCUT2D eigenvalue weighted by Gasteiger charge is -2.10. The summed E-state index contributed by atoms with van der Waals surface area (Å²) in [4.78, 5) is 27.5. The summed E-state index contributed by atoms with van der Waals surface area (Å²) < 4.78 is 1.85. The molecule has 0 bridgehead atoms. The normalized spacial score (nSPS) is 10.7. The van der Waals surface area contributed by atoms with Gasteiger partial charge >= 0.3 is 0 Å². The predicted octanol–water partition coefficient (Wildman–Crippen LogP) is 4.52. The van der Waals surface area contributed by atoms with Crippen LogP contribution in [0.1, 0.15) is 15.9 Å². The second-order valence-electron chi connectivity index (χ2n) is 6.71. The van der Waals surface area contributed by atoms with E-state index in [1.165, 1.54) is 30.0 Å². The Morgan fingerprint density at radius 1 is 1.06 bits per heavy atom. The second kappa shape index (κ2) is 8.88. The molecule has 4 aromatic rings. The maximum Gasteiger partial charge on any atom is 0.270 e. The lowest BCUT2D eigenvalue weighted by Crippen LogP contribution is -2.05. The second-order valence-corrected chi connectivity index (χ2v) is 7.65. The van der Waals surface area contributed by atoms with Crippen molar-refractivity contribution < 1.29 is 9.72 Å². The van der Waals surface area contributed by atoms with Gasteiger partial charge in [0.25, 0.3) is 5.69 Å². The highest BCUT2D eigenvalue weighted by atomic mass is 32.2. The van der Waals surface area contributed by atoms with Gasteiger partial charge < -0.3 is 0 Å². The van der Waals surface area contributed by atoms with E-state index in [1.807, 2.05) is 54.0 Å². The first-order valence-electron chi connectivity index (χ1n) is 9.37. The average Bonchev–Trinajstić information content (AvgIpc) is 3.22. The number of nitro benzene ring substituents is 1. The number of nitrogens with zero attached hydrogens (tertiary/aromatic N) is 5. The molecule has 8 nitrogen and oxygen atoms in total. The zero-order chi connectivity index (χ0) is 21.8. The Labute approximate surface area is 182 Å². The molecule has 4 rings (SSSR count). The smallest absolute Gasteiger partial charge is 0.270 e. The summed E-state index contributed by atoms with van der Waals surface area (Å²) in [6.45, 7) is 2.00. The van der Waals surface area contributed by atoms with Crippen molar-refractivity contribution >= 4 is 23.2 Å². The SMILES string of the molecule is Cc1ccc(-n2c(SCC(=O)c3cccc([N+](=O)[O-])c3)nnc2-c2ccccn2)cc1. The molecule has 9 heteroatoms. The molecule has 0 unspecified atom stereocenters. The summed E-state index contributed by atoms with van der Waals surface area (Å²) in [6, 6.07) is 19.1. The van der Waals surface area contributed by atoms with Gasteiger partial charge in [0.2, 0.25) is 0 Å². The maximum atomic E-state index is 12.6. The van der Waals surface area contributed by atoms with Gasteiger partial charge in [0.05, 0.1) is 10.7 Å². The molecule has 0 aliphatic carbocycles. The van der Waals surface area contributed by atoms with Gasteiger partial charge in [-0.1, -0.05) is 47.7 Å². The maximum absolute atomic E-state index is 12.6. The van der Waals surface area contributed by atoms with E-state index < -0.39 is 4.92 Å². The summed E-state index contributed by atoms with van der Waals surface area (Å²) in [5.41, 5.74) is 2.80. The number of thioether (sulfide) groups is 1. The van der Waals surface area contributed by atoms with Crippen LogP contribution in [0.4, 0.5) is 5.69 Å². The van der Waals surface area contributed by atoms with Crippen LogP contribution < -0.4 is 0 Å². The molecule has 0 aliphatic heterocycles. The fourth-order valence-corrected chi connectivity index (χ4v) is 3.80. The minimum atomic E-state index is -0.517. The van der Waals surface area contributed by atoms with E-state index in [0.29, 0.717) is 16.7 Å². The minimum absolute atomic E-state index is 0.0629. The Bertz CT molecular complexity index is 1240. The molecule has 2 aromatic heterocycles. The van der Waals surface area contributed by atoms with E-state index in [2.05, 4.69) is 15.2 Å². The molecule has 0 atom stereocenters. The number of aryl methyl sites for hydroxylation is 1. The summed E-state index contributed by atoms with van der Waals surface area (Å²) >= 11 is 1.22. The number of hydrogen-bond donors (Lipinski definition) is 0. The third-order valence-electron chi connectivity index (χ3n) is 4.53. The molecule has 0 N–H and O–H groups in total. The van der Waals surface area contributed by atoms with Gasteiger partial charge in [-0.05, 0) is 31.2 Å². The monoisotopic (exact) mass is 431 g/mol. The number of pyridine rings is 1. The standard InChI is InChI=1S/C22H17N5O3S/c1-15-8-10-17(11-9-15)26-21(19-7-2-3-12-23-19)24-25-22(26)31-14-20(28)16-5-4-6-18(13-16)27(29)30/h2-13H,14H2,1H3. The van der Waals surface area contributed by atoms with Crippen LogP contribution in [0.5, 0.6) is 0 Å². The summed E-state index contributed by atoms with van der Waals surface area (Å²) in [5.74, 6) is 0.397. The van der Waals surface area contributed by atoms with Crippen LogP contribution in [-0.2, 0) is 0 Å². The molecule has 0 amide bonds. The van der Waals surface area contributed by atoms with Crippen molar-refractivity contribution in [2.75, 3.05) is 5.75 Å². The molecule has 0 aliphatic rings. The molecule has 0 saturated carbocycles. The highest BCUT2D eigenvalue weighted by molar-refractivity contribution is 7.99. The average molecular weight is 431 g/mol.